The maximum atomic E-state index is 5.81. The largest absolute Gasteiger partial charge is 0.474 e. The third-order valence-electron chi connectivity index (χ3n) is 2.25. The van der Waals surface area contributed by atoms with Gasteiger partial charge in [0.2, 0.25) is 5.88 Å². The summed E-state index contributed by atoms with van der Waals surface area (Å²) < 4.78 is 5.81. The molecule has 0 amide bonds. The van der Waals surface area contributed by atoms with Crippen LogP contribution >= 0.6 is 11.8 Å². The number of aromatic nitrogens is 2. The van der Waals surface area contributed by atoms with Gasteiger partial charge < -0.3 is 10.1 Å². The van der Waals surface area contributed by atoms with Gasteiger partial charge in [0.05, 0.1) is 6.10 Å². The molecule has 0 radical (unpaired) electrons. The number of hydrogen-bond donors (Lipinski definition) is 1. The second kappa shape index (κ2) is 6.69. The van der Waals surface area contributed by atoms with Crippen LogP contribution in [0.2, 0.25) is 0 Å². The van der Waals surface area contributed by atoms with Gasteiger partial charge in [0.15, 0.2) is 5.16 Å². The van der Waals surface area contributed by atoms with E-state index in [1.807, 2.05) is 19.4 Å². The lowest BCUT2D eigenvalue weighted by Crippen LogP contribution is -2.15. The van der Waals surface area contributed by atoms with Gasteiger partial charge in [-0.3, -0.25) is 0 Å². The fourth-order valence-corrected chi connectivity index (χ4v) is 1.97. The molecule has 0 aliphatic heterocycles. The number of rotatable bonds is 6. The van der Waals surface area contributed by atoms with E-state index in [0.29, 0.717) is 11.8 Å². The summed E-state index contributed by atoms with van der Waals surface area (Å²) in [6.45, 7) is 6.44. The van der Waals surface area contributed by atoms with Crippen LogP contribution in [0.15, 0.2) is 11.2 Å². The van der Waals surface area contributed by atoms with Crippen LogP contribution < -0.4 is 10.1 Å². The lowest BCUT2D eigenvalue weighted by atomic mass is 10.1. The Bertz CT molecular complexity index is 335. The molecule has 0 saturated carbocycles. The predicted molar refractivity (Wildman–Crippen MR) is 72.9 cm³/mol. The summed E-state index contributed by atoms with van der Waals surface area (Å²) >= 11 is 1.51. The van der Waals surface area contributed by atoms with Gasteiger partial charge in [0.1, 0.15) is 5.82 Å². The monoisotopic (exact) mass is 255 g/mol. The minimum absolute atomic E-state index is 0.171. The Balaban J connectivity index is 2.75. The molecule has 0 saturated heterocycles. The fraction of sp³-hybridized carbons (Fsp3) is 0.667. The smallest absolute Gasteiger partial charge is 0.219 e. The zero-order valence-corrected chi connectivity index (χ0v) is 12.0. The number of nitrogens with one attached hydrogen (secondary N) is 1. The van der Waals surface area contributed by atoms with E-state index in [-0.39, 0.29) is 6.10 Å². The lowest BCUT2D eigenvalue weighted by Gasteiger charge is -2.16. The lowest BCUT2D eigenvalue weighted by molar-refractivity contribution is 0.184. The van der Waals surface area contributed by atoms with Crippen molar-refractivity contribution in [2.45, 2.75) is 38.5 Å². The molecular formula is C12H21N3OS. The zero-order chi connectivity index (χ0) is 12.8. The van der Waals surface area contributed by atoms with Crippen LogP contribution in [0.4, 0.5) is 5.82 Å². The van der Waals surface area contributed by atoms with Gasteiger partial charge in [-0.05, 0) is 25.5 Å². The summed E-state index contributed by atoms with van der Waals surface area (Å²) in [6, 6.07) is 1.83. The maximum absolute atomic E-state index is 5.81. The number of ether oxygens (including phenoxy) is 1. The first kappa shape index (κ1) is 14.1. The molecule has 0 spiro atoms. The van der Waals surface area contributed by atoms with Crippen LogP contribution in [-0.4, -0.2) is 29.4 Å². The molecule has 5 heteroatoms. The van der Waals surface area contributed by atoms with Crippen LogP contribution in [0.25, 0.3) is 0 Å². The fourth-order valence-electron chi connectivity index (χ4n) is 1.60. The molecule has 1 atom stereocenters. The first-order valence-corrected chi connectivity index (χ1v) is 7.05. The van der Waals surface area contributed by atoms with Crippen molar-refractivity contribution in [3.63, 3.8) is 0 Å². The van der Waals surface area contributed by atoms with Gasteiger partial charge in [-0.2, -0.15) is 4.98 Å². The quantitative estimate of drug-likeness (QED) is 0.625. The molecule has 0 aliphatic carbocycles. The molecule has 1 unspecified atom stereocenters. The van der Waals surface area contributed by atoms with Crippen LogP contribution in [0, 0.1) is 5.92 Å². The minimum Gasteiger partial charge on any atom is -0.474 e. The maximum Gasteiger partial charge on any atom is 0.219 e. The molecule has 1 rings (SSSR count). The molecule has 4 nitrogen and oxygen atoms in total. The SMILES string of the molecule is CNc1cc(OC(C)CC(C)C)nc(SC)n1. The molecule has 0 aliphatic rings. The van der Waals surface area contributed by atoms with E-state index in [9.17, 15) is 0 Å². The van der Waals surface area contributed by atoms with Crippen molar-refractivity contribution < 1.29 is 4.74 Å². The van der Waals surface area contributed by atoms with E-state index >= 15 is 0 Å². The molecule has 1 aromatic rings. The second-order valence-corrected chi connectivity index (χ2v) is 5.16. The zero-order valence-electron chi connectivity index (χ0n) is 11.2. The van der Waals surface area contributed by atoms with Gasteiger partial charge in [-0.1, -0.05) is 25.6 Å². The van der Waals surface area contributed by atoms with Gasteiger partial charge >= 0.3 is 0 Å². The molecule has 0 bridgehead atoms. The van der Waals surface area contributed by atoms with Gasteiger partial charge in [0.25, 0.3) is 0 Å². The van der Waals surface area contributed by atoms with Crippen LogP contribution in [0.5, 0.6) is 5.88 Å². The van der Waals surface area contributed by atoms with Gasteiger partial charge in [-0.25, -0.2) is 4.98 Å². The van der Waals surface area contributed by atoms with Crippen molar-refractivity contribution in [3.8, 4) is 5.88 Å². The summed E-state index contributed by atoms with van der Waals surface area (Å²) in [5.74, 6) is 2.05. The summed E-state index contributed by atoms with van der Waals surface area (Å²) in [7, 11) is 1.84. The summed E-state index contributed by atoms with van der Waals surface area (Å²) in [6.07, 6.45) is 3.15. The summed E-state index contributed by atoms with van der Waals surface area (Å²) in [5.41, 5.74) is 0. The summed E-state index contributed by atoms with van der Waals surface area (Å²) in [5, 5.41) is 3.74. The molecule has 0 aromatic carbocycles. The molecule has 1 heterocycles. The van der Waals surface area contributed by atoms with Crippen molar-refractivity contribution >= 4 is 17.6 Å². The Morgan fingerprint density at radius 1 is 1.35 bits per heavy atom. The second-order valence-electron chi connectivity index (χ2n) is 4.39. The predicted octanol–water partition coefficient (Wildman–Crippen LogP) is 3.05. The molecule has 1 aromatic heterocycles. The highest BCUT2D eigenvalue weighted by atomic mass is 32.2. The highest BCUT2D eigenvalue weighted by molar-refractivity contribution is 7.98. The van der Waals surface area contributed by atoms with E-state index in [4.69, 9.17) is 4.74 Å². The topological polar surface area (TPSA) is 47.0 Å². The highest BCUT2D eigenvalue weighted by Gasteiger charge is 2.10. The van der Waals surface area contributed by atoms with Crippen LogP contribution in [0.3, 0.4) is 0 Å². The number of nitrogens with zero attached hydrogens (tertiary/aromatic N) is 2. The first-order valence-electron chi connectivity index (χ1n) is 5.82. The van der Waals surface area contributed by atoms with E-state index in [0.717, 1.165) is 17.4 Å². The first-order chi connectivity index (χ1) is 8.05. The third-order valence-corrected chi connectivity index (χ3v) is 2.79. The molecule has 1 N–H and O–H groups in total. The van der Waals surface area contributed by atoms with E-state index in [1.54, 1.807) is 0 Å². The molecular weight excluding hydrogens is 234 g/mol. The van der Waals surface area contributed by atoms with Gasteiger partial charge in [-0.15, -0.1) is 0 Å². The van der Waals surface area contributed by atoms with Crippen molar-refractivity contribution in [2.75, 3.05) is 18.6 Å². The van der Waals surface area contributed by atoms with Crippen molar-refractivity contribution in [2.24, 2.45) is 5.92 Å². The Labute approximate surface area is 108 Å². The molecule has 17 heavy (non-hydrogen) atoms. The van der Waals surface area contributed by atoms with Crippen molar-refractivity contribution in [1.82, 2.24) is 9.97 Å². The average Bonchev–Trinajstić information content (AvgIpc) is 2.27. The van der Waals surface area contributed by atoms with E-state index < -0.39 is 0 Å². The van der Waals surface area contributed by atoms with Crippen LogP contribution in [-0.2, 0) is 0 Å². The van der Waals surface area contributed by atoms with E-state index in [2.05, 4.69) is 36.1 Å². The Morgan fingerprint density at radius 2 is 2.06 bits per heavy atom. The van der Waals surface area contributed by atoms with Crippen molar-refractivity contribution in [3.05, 3.63) is 6.07 Å². The Hall–Kier alpha value is -0.970. The average molecular weight is 255 g/mol. The normalized spacial score (nSPS) is 12.6. The molecule has 0 fully saturated rings. The number of anilines is 1. The standard InChI is InChI=1S/C12H21N3OS/c1-8(2)6-9(3)16-11-7-10(13-4)14-12(15-11)17-5/h7-9H,6H2,1-5H3,(H,13,14,15). The Morgan fingerprint density at radius 3 is 2.59 bits per heavy atom. The third kappa shape index (κ3) is 4.81. The highest BCUT2D eigenvalue weighted by Crippen LogP contribution is 2.20. The van der Waals surface area contributed by atoms with Crippen molar-refractivity contribution in [1.29, 1.82) is 0 Å². The number of hydrogen-bond acceptors (Lipinski definition) is 5. The Kier molecular flexibility index (Phi) is 5.55. The van der Waals surface area contributed by atoms with Crippen LogP contribution in [0.1, 0.15) is 27.2 Å². The van der Waals surface area contributed by atoms with E-state index in [1.165, 1.54) is 11.8 Å². The van der Waals surface area contributed by atoms with Gasteiger partial charge in [0, 0.05) is 13.1 Å². The summed E-state index contributed by atoms with van der Waals surface area (Å²) in [4.78, 5) is 8.64. The molecule has 96 valence electrons. The minimum atomic E-state index is 0.171. The number of thioether (sulfide) groups is 1.